The molecule has 0 N–H and O–H groups in total. The van der Waals surface area contributed by atoms with Crippen LogP contribution in [0.25, 0.3) is 0 Å². The molecule has 0 amide bonds. The molecule has 0 aliphatic heterocycles. The predicted octanol–water partition coefficient (Wildman–Crippen LogP) is 8.08. The molecule has 7 heteroatoms. The van der Waals surface area contributed by atoms with Crippen LogP contribution in [0.2, 0.25) is 26.2 Å². The van der Waals surface area contributed by atoms with Crippen LogP contribution in [0.5, 0.6) is 0 Å². The lowest BCUT2D eigenvalue weighted by atomic mass is 9.86. The number of ether oxygens (including phenoxy) is 1. The lowest BCUT2D eigenvalue weighted by molar-refractivity contribution is 0.0582. The molecule has 0 saturated carbocycles. The van der Waals surface area contributed by atoms with E-state index in [0.29, 0.717) is 12.2 Å². The second kappa shape index (κ2) is 15.7. The van der Waals surface area contributed by atoms with E-state index in [9.17, 15) is 0 Å². The average Bonchev–Trinajstić information content (AvgIpc) is 2.57. The molecule has 0 aromatic rings. The third kappa shape index (κ3) is 17.0. The lowest BCUT2D eigenvalue weighted by Crippen LogP contribution is -2.33. The van der Waals surface area contributed by atoms with E-state index in [1.807, 2.05) is 0 Å². The molecule has 0 radical (unpaired) electrons. The Morgan fingerprint density at radius 2 is 0.871 bits per heavy atom. The Hall–Kier alpha value is 0.894. The van der Waals surface area contributed by atoms with Gasteiger partial charge in [-0.2, -0.15) is 0 Å². The van der Waals surface area contributed by atoms with E-state index in [1.165, 1.54) is 0 Å². The first kappa shape index (κ1) is 31.9. The van der Waals surface area contributed by atoms with Crippen LogP contribution in [0.15, 0.2) is 0 Å². The molecule has 0 rings (SSSR count). The fraction of sp³-hybridized carbons (Fsp3) is 1.00. The van der Waals surface area contributed by atoms with E-state index in [0.717, 1.165) is 51.4 Å². The van der Waals surface area contributed by atoms with Crippen molar-refractivity contribution in [3.8, 4) is 0 Å². The highest BCUT2D eigenvalue weighted by molar-refractivity contribution is 6.48. The van der Waals surface area contributed by atoms with Crippen LogP contribution in [0.4, 0.5) is 0 Å². The van der Waals surface area contributed by atoms with E-state index in [4.69, 9.17) is 36.8 Å². The van der Waals surface area contributed by atoms with Gasteiger partial charge in [-0.15, -0.1) is 0 Å². The van der Waals surface area contributed by atoms with E-state index in [1.54, 1.807) is 0 Å². The zero-order valence-electron chi connectivity index (χ0n) is 22.1. The molecule has 4 atom stereocenters. The van der Waals surface area contributed by atoms with Gasteiger partial charge >= 0.3 is 0 Å². The Bertz CT molecular complexity index is 411. The first-order valence-electron chi connectivity index (χ1n) is 12.4. The maximum Gasteiger partial charge on any atom is 0.171 e. The summed E-state index contributed by atoms with van der Waals surface area (Å²) in [6.07, 6.45) is 8.78. The van der Waals surface area contributed by atoms with Crippen molar-refractivity contribution in [2.24, 2.45) is 10.8 Å². The van der Waals surface area contributed by atoms with Crippen molar-refractivity contribution in [2.45, 2.75) is 142 Å². The van der Waals surface area contributed by atoms with Crippen LogP contribution in [0.1, 0.15) is 92.9 Å². The third-order valence-electron chi connectivity index (χ3n) is 5.39. The fourth-order valence-electron chi connectivity index (χ4n) is 3.63. The number of hydrogen-bond donors (Lipinski definition) is 0. The maximum atomic E-state index is 6.40. The molecule has 188 valence electrons. The molecule has 31 heavy (non-hydrogen) atoms. The largest absolute Gasteiger partial charge is 0.417 e. The van der Waals surface area contributed by atoms with Gasteiger partial charge < -0.3 is 13.6 Å². The second-order valence-corrected chi connectivity index (χ2v) is 17.3. The second-order valence-electron chi connectivity index (χ2n) is 11.6. The summed E-state index contributed by atoms with van der Waals surface area (Å²) in [4.78, 5) is 0. The monoisotopic (exact) mass is 514 g/mol. The van der Waals surface area contributed by atoms with Crippen molar-refractivity contribution in [2.75, 3.05) is 0 Å². The minimum Gasteiger partial charge on any atom is -0.417 e. The van der Waals surface area contributed by atoms with Gasteiger partial charge in [-0.1, -0.05) is 77.6 Å². The maximum absolute atomic E-state index is 6.40. The molecule has 0 aromatic heterocycles. The fourth-order valence-corrected chi connectivity index (χ4v) is 6.65. The summed E-state index contributed by atoms with van der Waals surface area (Å²) in [5.41, 5.74) is -0.254. The summed E-state index contributed by atoms with van der Waals surface area (Å²) in [6, 6.07) is 0. The molecule has 0 aliphatic carbocycles. The van der Waals surface area contributed by atoms with Crippen molar-refractivity contribution in [1.82, 2.24) is 0 Å². The molecule has 0 saturated heterocycles. The molecular weight excluding hydrogens is 463 g/mol. The number of halogens is 2. The minimum atomic E-state index is -1.03. The SMILES string of the molecule is C[SiH](C)OC(CCCCC(Cl)OC(Cl)CCCCC(O[SiH](C)C)C(C)(C)C)C(C)(C)C. The van der Waals surface area contributed by atoms with Gasteiger partial charge in [0.1, 0.15) is 11.1 Å². The Labute approximate surface area is 207 Å². The Morgan fingerprint density at radius 3 is 1.13 bits per heavy atom. The Balaban J connectivity index is 4.10. The molecule has 3 nitrogen and oxygen atoms in total. The van der Waals surface area contributed by atoms with Gasteiger partial charge in [-0.3, -0.25) is 0 Å². The minimum absolute atomic E-state index is 0.184. The van der Waals surface area contributed by atoms with Crippen molar-refractivity contribution >= 4 is 41.3 Å². The molecule has 0 spiro atoms. The molecule has 0 bridgehead atoms. The van der Waals surface area contributed by atoms with Gasteiger partial charge in [0.05, 0.1) is 0 Å². The van der Waals surface area contributed by atoms with Gasteiger partial charge in [0, 0.05) is 12.2 Å². The highest BCUT2D eigenvalue weighted by Crippen LogP contribution is 2.29. The number of unbranched alkanes of at least 4 members (excludes halogenated alkanes) is 2. The summed E-state index contributed by atoms with van der Waals surface area (Å²) < 4.78 is 18.3. The molecule has 0 fully saturated rings. The summed E-state index contributed by atoms with van der Waals surface area (Å²) >= 11 is 12.8. The highest BCUT2D eigenvalue weighted by Gasteiger charge is 2.27. The third-order valence-corrected chi connectivity index (χ3v) is 7.78. The quantitative estimate of drug-likeness (QED) is 0.118. The Morgan fingerprint density at radius 1 is 0.581 bits per heavy atom. The first-order valence-corrected chi connectivity index (χ1v) is 18.8. The van der Waals surface area contributed by atoms with Crippen molar-refractivity contribution in [1.29, 1.82) is 0 Å². The van der Waals surface area contributed by atoms with E-state index in [2.05, 4.69) is 67.7 Å². The summed E-state index contributed by atoms with van der Waals surface area (Å²) in [5.74, 6) is 0. The Kier molecular flexibility index (Phi) is 16.2. The highest BCUT2D eigenvalue weighted by atomic mass is 35.5. The van der Waals surface area contributed by atoms with Gasteiger partial charge in [0.15, 0.2) is 18.1 Å². The van der Waals surface area contributed by atoms with Gasteiger partial charge in [0.2, 0.25) is 0 Å². The van der Waals surface area contributed by atoms with Crippen LogP contribution in [-0.4, -0.2) is 41.4 Å². The smallest absolute Gasteiger partial charge is 0.171 e. The van der Waals surface area contributed by atoms with Crippen LogP contribution in [0.3, 0.4) is 0 Å². The molecule has 0 heterocycles. The molecule has 4 unspecified atom stereocenters. The summed E-state index contributed by atoms with van der Waals surface area (Å²) in [6.45, 7) is 22.5. The number of hydrogen-bond acceptors (Lipinski definition) is 3. The molecule has 0 aliphatic rings. The zero-order chi connectivity index (χ0) is 24.2. The summed E-state index contributed by atoms with van der Waals surface area (Å²) in [5, 5.41) is 0. The van der Waals surface area contributed by atoms with Gasteiger partial charge in [-0.25, -0.2) is 0 Å². The van der Waals surface area contributed by atoms with E-state index in [-0.39, 0.29) is 22.0 Å². The normalized spacial score (nSPS) is 17.2. The van der Waals surface area contributed by atoms with Crippen molar-refractivity contribution < 1.29 is 13.6 Å². The van der Waals surface area contributed by atoms with Crippen molar-refractivity contribution in [3.63, 3.8) is 0 Å². The molecule has 0 aromatic carbocycles. The van der Waals surface area contributed by atoms with Crippen LogP contribution < -0.4 is 0 Å². The molecular formula is C24H52Cl2O3Si2. The van der Waals surface area contributed by atoms with Gasteiger partial charge in [0.25, 0.3) is 0 Å². The first-order chi connectivity index (χ1) is 14.1. The van der Waals surface area contributed by atoms with Crippen LogP contribution in [0, 0.1) is 10.8 Å². The van der Waals surface area contributed by atoms with E-state index < -0.39 is 18.1 Å². The number of rotatable bonds is 16. The lowest BCUT2D eigenvalue weighted by Gasteiger charge is -2.33. The summed E-state index contributed by atoms with van der Waals surface area (Å²) in [7, 11) is -2.06. The topological polar surface area (TPSA) is 27.7 Å². The number of alkyl halides is 2. The zero-order valence-corrected chi connectivity index (χ0v) is 25.9. The van der Waals surface area contributed by atoms with Gasteiger partial charge in [-0.05, 0) is 75.5 Å². The van der Waals surface area contributed by atoms with E-state index >= 15 is 0 Å². The van der Waals surface area contributed by atoms with Crippen molar-refractivity contribution in [3.05, 3.63) is 0 Å². The van der Waals surface area contributed by atoms with Crippen LogP contribution in [-0.2, 0) is 13.6 Å². The standard InChI is InChI=1S/C24H52Cl2O3Si2/c1-23(2,3)19(28-30(7)8)15-11-13-17-21(25)27-22(26)18-14-12-16-20(24(4,5)6)29-31(9)10/h19-22,30-31H,11-18H2,1-10H3. The van der Waals surface area contributed by atoms with Crippen LogP contribution >= 0.6 is 23.2 Å². The predicted molar refractivity (Wildman–Crippen MR) is 144 cm³/mol. The average molecular weight is 516 g/mol.